The molecule has 0 bridgehead atoms. The van der Waals surface area contributed by atoms with Crippen molar-refractivity contribution < 1.29 is 9.53 Å². The fraction of sp³-hybridized carbons (Fsp3) is 0.250. The quantitative estimate of drug-likeness (QED) is 0.836. The molecular formula is C16H18ClN3O2. The summed E-state index contributed by atoms with van der Waals surface area (Å²) in [6.07, 6.45) is 2.95. The van der Waals surface area contributed by atoms with E-state index in [1.54, 1.807) is 31.5 Å². The Labute approximate surface area is 134 Å². The zero-order chi connectivity index (χ0) is 15.9. The Kier molecular flexibility index (Phi) is 5.61. The predicted octanol–water partition coefficient (Wildman–Crippen LogP) is 4.23. The van der Waals surface area contributed by atoms with Crippen LogP contribution in [0.3, 0.4) is 0 Å². The van der Waals surface area contributed by atoms with Gasteiger partial charge in [-0.3, -0.25) is 4.79 Å². The van der Waals surface area contributed by atoms with Gasteiger partial charge < -0.3 is 15.4 Å². The predicted molar refractivity (Wildman–Crippen MR) is 89.1 cm³/mol. The Morgan fingerprint density at radius 2 is 2.05 bits per heavy atom. The maximum absolute atomic E-state index is 11.5. The summed E-state index contributed by atoms with van der Waals surface area (Å²) in [6.45, 7) is 1.96. The van der Waals surface area contributed by atoms with Crippen LogP contribution in [0.2, 0.25) is 5.02 Å². The van der Waals surface area contributed by atoms with Crippen molar-refractivity contribution in [2.75, 3.05) is 17.7 Å². The number of methoxy groups -OCH3 is 1. The average Bonchev–Trinajstić information content (AvgIpc) is 2.50. The molecule has 0 saturated carbocycles. The molecule has 0 atom stereocenters. The first-order valence-corrected chi connectivity index (χ1v) is 7.36. The molecule has 0 aliphatic heterocycles. The van der Waals surface area contributed by atoms with Crippen molar-refractivity contribution in [2.45, 2.75) is 19.8 Å². The van der Waals surface area contributed by atoms with E-state index in [9.17, 15) is 4.79 Å². The molecular weight excluding hydrogens is 302 g/mol. The van der Waals surface area contributed by atoms with E-state index >= 15 is 0 Å². The van der Waals surface area contributed by atoms with Crippen LogP contribution in [0, 0.1) is 0 Å². The van der Waals surface area contributed by atoms with Gasteiger partial charge >= 0.3 is 0 Å². The number of amides is 1. The van der Waals surface area contributed by atoms with Crippen LogP contribution in [-0.2, 0) is 4.79 Å². The van der Waals surface area contributed by atoms with Gasteiger partial charge in [0.2, 0.25) is 5.91 Å². The minimum absolute atomic E-state index is 0.0300. The van der Waals surface area contributed by atoms with Crippen molar-refractivity contribution in [3.05, 3.63) is 41.6 Å². The lowest BCUT2D eigenvalue weighted by atomic mass is 10.3. The van der Waals surface area contributed by atoms with Gasteiger partial charge in [0.1, 0.15) is 11.6 Å². The highest BCUT2D eigenvalue weighted by Crippen LogP contribution is 2.28. The van der Waals surface area contributed by atoms with E-state index in [2.05, 4.69) is 15.6 Å². The first-order chi connectivity index (χ1) is 10.6. The van der Waals surface area contributed by atoms with Gasteiger partial charge in [-0.05, 0) is 36.8 Å². The molecule has 0 aliphatic carbocycles. The van der Waals surface area contributed by atoms with Crippen LogP contribution in [0.25, 0.3) is 0 Å². The van der Waals surface area contributed by atoms with Crippen LogP contribution < -0.4 is 15.4 Å². The van der Waals surface area contributed by atoms with Gasteiger partial charge in [0.25, 0.3) is 0 Å². The fourth-order valence-electron chi connectivity index (χ4n) is 1.88. The zero-order valence-electron chi connectivity index (χ0n) is 12.5. The van der Waals surface area contributed by atoms with E-state index in [-0.39, 0.29) is 5.91 Å². The normalized spacial score (nSPS) is 10.1. The summed E-state index contributed by atoms with van der Waals surface area (Å²) in [6, 6.07) is 9.02. The standard InChI is InChI=1S/C16H18ClN3O2/c1-3-4-16(21)20-15-8-6-12(10-18-15)19-11-5-7-14(22-2)13(17)9-11/h5-10,19H,3-4H2,1-2H3,(H,18,20,21). The fourth-order valence-corrected chi connectivity index (χ4v) is 2.14. The van der Waals surface area contributed by atoms with E-state index in [0.717, 1.165) is 17.8 Å². The van der Waals surface area contributed by atoms with Gasteiger partial charge in [0, 0.05) is 12.1 Å². The number of pyridine rings is 1. The van der Waals surface area contributed by atoms with Crippen LogP contribution in [-0.4, -0.2) is 18.0 Å². The summed E-state index contributed by atoms with van der Waals surface area (Å²) < 4.78 is 5.11. The summed E-state index contributed by atoms with van der Waals surface area (Å²) in [7, 11) is 1.57. The topological polar surface area (TPSA) is 63.2 Å². The van der Waals surface area contributed by atoms with Gasteiger partial charge in [0.15, 0.2) is 0 Å². The molecule has 1 heterocycles. The molecule has 116 valence electrons. The van der Waals surface area contributed by atoms with Crippen LogP contribution in [0.5, 0.6) is 5.75 Å². The number of hydrogen-bond acceptors (Lipinski definition) is 4. The largest absolute Gasteiger partial charge is 0.495 e. The van der Waals surface area contributed by atoms with E-state index < -0.39 is 0 Å². The number of ether oxygens (including phenoxy) is 1. The number of benzene rings is 1. The Morgan fingerprint density at radius 3 is 2.64 bits per heavy atom. The molecule has 1 aromatic heterocycles. The number of carbonyl (C=O) groups is 1. The molecule has 0 radical (unpaired) electrons. The number of aromatic nitrogens is 1. The second-order valence-electron chi connectivity index (χ2n) is 4.70. The minimum atomic E-state index is -0.0300. The van der Waals surface area contributed by atoms with Gasteiger partial charge in [-0.25, -0.2) is 4.98 Å². The smallest absolute Gasteiger partial charge is 0.225 e. The molecule has 5 nitrogen and oxygen atoms in total. The number of halogens is 1. The Balaban J connectivity index is 2.02. The Morgan fingerprint density at radius 1 is 1.27 bits per heavy atom. The summed E-state index contributed by atoms with van der Waals surface area (Å²) in [5.41, 5.74) is 1.63. The number of nitrogens with zero attached hydrogens (tertiary/aromatic N) is 1. The van der Waals surface area contributed by atoms with Crippen molar-refractivity contribution in [1.82, 2.24) is 4.98 Å². The van der Waals surface area contributed by atoms with Gasteiger partial charge in [-0.1, -0.05) is 18.5 Å². The lowest BCUT2D eigenvalue weighted by Gasteiger charge is -2.09. The van der Waals surface area contributed by atoms with Crippen molar-refractivity contribution >= 4 is 34.7 Å². The van der Waals surface area contributed by atoms with E-state index in [0.29, 0.717) is 23.0 Å². The molecule has 0 aliphatic rings. The number of rotatable bonds is 6. The molecule has 0 saturated heterocycles. The van der Waals surface area contributed by atoms with Crippen molar-refractivity contribution in [3.8, 4) is 5.75 Å². The second kappa shape index (κ2) is 7.66. The van der Waals surface area contributed by atoms with Crippen molar-refractivity contribution in [1.29, 1.82) is 0 Å². The molecule has 6 heteroatoms. The molecule has 2 rings (SSSR count). The third-order valence-electron chi connectivity index (χ3n) is 2.95. The average molecular weight is 320 g/mol. The summed E-state index contributed by atoms with van der Waals surface area (Å²) in [5, 5.41) is 6.46. The maximum Gasteiger partial charge on any atom is 0.225 e. The number of nitrogens with one attached hydrogen (secondary N) is 2. The monoisotopic (exact) mass is 319 g/mol. The minimum Gasteiger partial charge on any atom is -0.495 e. The first kappa shape index (κ1) is 16.1. The van der Waals surface area contributed by atoms with Gasteiger partial charge in [-0.2, -0.15) is 0 Å². The van der Waals surface area contributed by atoms with Crippen molar-refractivity contribution in [3.63, 3.8) is 0 Å². The van der Waals surface area contributed by atoms with Crippen LogP contribution in [0.1, 0.15) is 19.8 Å². The summed E-state index contributed by atoms with van der Waals surface area (Å²) in [5.74, 6) is 1.13. The lowest BCUT2D eigenvalue weighted by Crippen LogP contribution is -2.11. The molecule has 22 heavy (non-hydrogen) atoms. The lowest BCUT2D eigenvalue weighted by molar-refractivity contribution is -0.116. The van der Waals surface area contributed by atoms with E-state index in [1.807, 2.05) is 19.1 Å². The van der Waals surface area contributed by atoms with Crippen LogP contribution >= 0.6 is 11.6 Å². The Bertz CT molecular complexity index is 644. The summed E-state index contributed by atoms with van der Waals surface area (Å²) in [4.78, 5) is 15.7. The highest BCUT2D eigenvalue weighted by atomic mass is 35.5. The van der Waals surface area contributed by atoms with Gasteiger partial charge in [0.05, 0.1) is 24.0 Å². The highest BCUT2D eigenvalue weighted by Gasteiger charge is 2.04. The highest BCUT2D eigenvalue weighted by molar-refractivity contribution is 6.32. The van der Waals surface area contributed by atoms with E-state index in [4.69, 9.17) is 16.3 Å². The third kappa shape index (κ3) is 4.36. The molecule has 1 amide bonds. The molecule has 1 aromatic carbocycles. The van der Waals surface area contributed by atoms with E-state index in [1.165, 1.54) is 0 Å². The number of hydrogen-bond donors (Lipinski definition) is 2. The molecule has 0 unspecified atom stereocenters. The third-order valence-corrected chi connectivity index (χ3v) is 3.24. The summed E-state index contributed by atoms with van der Waals surface area (Å²) >= 11 is 6.08. The van der Waals surface area contributed by atoms with Crippen LogP contribution in [0.4, 0.5) is 17.2 Å². The van der Waals surface area contributed by atoms with Crippen molar-refractivity contribution in [2.24, 2.45) is 0 Å². The molecule has 0 fully saturated rings. The van der Waals surface area contributed by atoms with Crippen LogP contribution in [0.15, 0.2) is 36.5 Å². The molecule has 2 N–H and O–H groups in total. The number of carbonyl (C=O) groups excluding carboxylic acids is 1. The SMILES string of the molecule is CCCC(=O)Nc1ccc(Nc2ccc(OC)c(Cl)c2)cn1. The molecule has 2 aromatic rings. The second-order valence-corrected chi connectivity index (χ2v) is 5.11. The van der Waals surface area contributed by atoms with Gasteiger partial charge in [-0.15, -0.1) is 0 Å². The number of anilines is 3. The Hall–Kier alpha value is -2.27. The maximum atomic E-state index is 11.5. The molecule has 0 spiro atoms. The first-order valence-electron chi connectivity index (χ1n) is 6.99. The zero-order valence-corrected chi connectivity index (χ0v) is 13.3.